The zero-order valence-electron chi connectivity index (χ0n) is 5.94. The van der Waals surface area contributed by atoms with E-state index in [2.05, 4.69) is 6.92 Å². The Bertz CT molecular complexity index is 122. The highest BCUT2D eigenvalue weighted by Gasteiger charge is 2.56. The third-order valence-corrected chi connectivity index (χ3v) is 2.59. The van der Waals surface area contributed by atoms with Crippen molar-refractivity contribution in [3.8, 4) is 0 Å². The minimum Gasteiger partial charge on any atom is -0.359 e. The fraction of sp³-hybridized carbons (Fsp3) is 0.875. The Morgan fingerprint density at radius 3 is 3.00 bits per heavy atom. The molecule has 2 fully saturated rings. The molecule has 1 heterocycles. The summed E-state index contributed by atoms with van der Waals surface area (Å²) in [5.74, 6) is 0. The molecule has 0 aromatic rings. The Labute approximate surface area is 56.4 Å². The van der Waals surface area contributed by atoms with Gasteiger partial charge in [0.1, 0.15) is 11.7 Å². The Kier molecular flexibility index (Phi) is 1.10. The quantitative estimate of drug-likeness (QED) is 0.490. The van der Waals surface area contributed by atoms with Crippen LogP contribution in [-0.2, 0) is 4.74 Å². The van der Waals surface area contributed by atoms with Crippen LogP contribution in [0.3, 0.4) is 0 Å². The summed E-state index contributed by atoms with van der Waals surface area (Å²) in [6.45, 7) is 2.22. The Morgan fingerprint density at radius 2 is 2.44 bits per heavy atom. The maximum absolute atomic E-state index is 5.53. The Hall–Kier alpha value is -0.0400. The van der Waals surface area contributed by atoms with E-state index < -0.39 is 0 Å². The molecule has 1 nitrogen and oxygen atoms in total. The summed E-state index contributed by atoms with van der Waals surface area (Å²) in [5.41, 5.74) is 0.304. The molecule has 1 saturated carbocycles. The zero-order chi connectivity index (χ0) is 6.32. The van der Waals surface area contributed by atoms with E-state index in [-0.39, 0.29) is 0 Å². The molecule has 9 heavy (non-hydrogen) atoms. The third kappa shape index (κ3) is 0.710. The highest BCUT2D eigenvalue weighted by Crippen LogP contribution is 2.55. The van der Waals surface area contributed by atoms with Gasteiger partial charge in [-0.3, -0.25) is 0 Å². The van der Waals surface area contributed by atoms with Crippen molar-refractivity contribution in [2.45, 2.75) is 44.6 Å². The van der Waals surface area contributed by atoms with Crippen LogP contribution in [0, 0.1) is 6.10 Å². The topological polar surface area (TPSA) is 12.5 Å². The van der Waals surface area contributed by atoms with Crippen LogP contribution in [0.5, 0.6) is 0 Å². The number of hydrogen-bond donors (Lipinski definition) is 0. The fourth-order valence-corrected chi connectivity index (χ4v) is 1.82. The van der Waals surface area contributed by atoms with E-state index >= 15 is 0 Å². The summed E-state index contributed by atoms with van der Waals surface area (Å²) in [5, 5.41) is 0. The summed E-state index contributed by atoms with van der Waals surface area (Å²) in [4.78, 5) is 0. The maximum Gasteiger partial charge on any atom is 0.130 e. The van der Waals surface area contributed by atoms with E-state index in [0.29, 0.717) is 5.60 Å². The van der Waals surface area contributed by atoms with Gasteiger partial charge in [-0.25, -0.2) is 0 Å². The minimum absolute atomic E-state index is 0.304. The van der Waals surface area contributed by atoms with Crippen molar-refractivity contribution in [2.75, 3.05) is 0 Å². The van der Waals surface area contributed by atoms with Gasteiger partial charge in [-0.15, -0.1) is 0 Å². The molecular weight excluding hydrogens is 112 g/mol. The first kappa shape index (κ1) is 5.72. The van der Waals surface area contributed by atoms with Gasteiger partial charge < -0.3 is 4.74 Å². The van der Waals surface area contributed by atoms with Crippen molar-refractivity contribution in [2.24, 2.45) is 0 Å². The molecule has 51 valence electrons. The van der Waals surface area contributed by atoms with Gasteiger partial charge in [0.2, 0.25) is 0 Å². The van der Waals surface area contributed by atoms with Gasteiger partial charge in [0.05, 0.1) is 0 Å². The molecule has 0 aromatic carbocycles. The van der Waals surface area contributed by atoms with Crippen LogP contribution in [-0.4, -0.2) is 5.60 Å². The summed E-state index contributed by atoms with van der Waals surface area (Å²) in [7, 11) is 0. The molecule has 1 unspecified atom stereocenters. The molecule has 1 radical (unpaired) electrons. The van der Waals surface area contributed by atoms with Crippen molar-refractivity contribution in [3.63, 3.8) is 0 Å². The first-order valence-electron chi connectivity index (χ1n) is 3.93. The van der Waals surface area contributed by atoms with Crippen LogP contribution >= 0.6 is 0 Å². The van der Waals surface area contributed by atoms with E-state index in [4.69, 9.17) is 4.74 Å². The van der Waals surface area contributed by atoms with Gasteiger partial charge in [0.25, 0.3) is 0 Å². The number of rotatable bonds is 1. The molecule has 1 atom stereocenters. The highest BCUT2D eigenvalue weighted by atomic mass is 16.6. The Balaban J connectivity index is 2.01. The van der Waals surface area contributed by atoms with Crippen LogP contribution in [0.1, 0.15) is 39.0 Å². The van der Waals surface area contributed by atoms with Gasteiger partial charge in [-0.2, -0.15) is 0 Å². The van der Waals surface area contributed by atoms with Gasteiger partial charge in [0, 0.05) is 0 Å². The Morgan fingerprint density at radius 1 is 1.56 bits per heavy atom. The lowest BCUT2D eigenvalue weighted by molar-refractivity contribution is 0.283. The third-order valence-electron chi connectivity index (χ3n) is 2.59. The molecule has 0 aromatic heterocycles. The summed E-state index contributed by atoms with van der Waals surface area (Å²) >= 11 is 0. The molecule has 1 heteroatoms. The van der Waals surface area contributed by atoms with Crippen LogP contribution in [0.25, 0.3) is 0 Å². The van der Waals surface area contributed by atoms with Gasteiger partial charge >= 0.3 is 0 Å². The number of fused-ring (bicyclic) bond motifs is 1. The zero-order valence-corrected chi connectivity index (χ0v) is 5.94. The van der Waals surface area contributed by atoms with E-state index in [0.717, 1.165) is 0 Å². The molecule has 2 aliphatic rings. The second kappa shape index (κ2) is 1.72. The molecule has 1 aliphatic heterocycles. The van der Waals surface area contributed by atoms with Gasteiger partial charge in [-0.05, 0) is 19.3 Å². The molecule has 0 bridgehead atoms. The van der Waals surface area contributed by atoms with E-state index in [1.807, 2.05) is 0 Å². The first-order chi connectivity index (χ1) is 4.37. The maximum atomic E-state index is 5.53. The lowest BCUT2D eigenvalue weighted by Crippen LogP contribution is -2.13. The SMILES string of the molecule is CCC12CCCC[C]1O2. The van der Waals surface area contributed by atoms with E-state index in [1.54, 1.807) is 0 Å². The summed E-state index contributed by atoms with van der Waals surface area (Å²) in [6, 6.07) is 0. The summed E-state index contributed by atoms with van der Waals surface area (Å²) in [6.07, 6.45) is 7.86. The lowest BCUT2D eigenvalue weighted by Gasteiger charge is -2.13. The van der Waals surface area contributed by atoms with Crippen LogP contribution < -0.4 is 0 Å². The summed E-state index contributed by atoms with van der Waals surface area (Å²) < 4.78 is 5.53. The first-order valence-corrected chi connectivity index (χ1v) is 3.93. The predicted molar refractivity (Wildman–Crippen MR) is 35.8 cm³/mol. The van der Waals surface area contributed by atoms with E-state index in [9.17, 15) is 0 Å². The monoisotopic (exact) mass is 125 g/mol. The van der Waals surface area contributed by atoms with Crippen molar-refractivity contribution in [3.05, 3.63) is 6.10 Å². The second-order valence-corrected chi connectivity index (χ2v) is 3.08. The number of epoxide rings is 1. The standard InChI is InChI=1S/C8H13O/c1-2-8-6-4-3-5-7(8)9-8/h2-6H2,1H3. The fourth-order valence-electron chi connectivity index (χ4n) is 1.82. The largest absolute Gasteiger partial charge is 0.359 e. The normalized spacial score (nSPS) is 42.3. The van der Waals surface area contributed by atoms with Gasteiger partial charge in [0.15, 0.2) is 0 Å². The average molecular weight is 125 g/mol. The number of hydrogen-bond acceptors (Lipinski definition) is 1. The molecule has 0 amide bonds. The van der Waals surface area contributed by atoms with Crippen molar-refractivity contribution < 1.29 is 4.74 Å². The van der Waals surface area contributed by atoms with Crippen LogP contribution in [0.4, 0.5) is 0 Å². The van der Waals surface area contributed by atoms with Crippen molar-refractivity contribution in [1.29, 1.82) is 0 Å². The van der Waals surface area contributed by atoms with Crippen molar-refractivity contribution >= 4 is 0 Å². The van der Waals surface area contributed by atoms with Crippen molar-refractivity contribution in [1.82, 2.24) is 0 Å². The minimum atomic E-state index is 0.304. The smallest absolute Gasteiger partial charge is 0.130 e. The molecule has 2 rings (SSSR count). The van der Waals surface area contributed by atoms with Crippen LogP contribution in [0.15, 0.2) is 0 Å². The van der Waals surface area contributed by atoms with E-state index in [1.165, 1.54) is 38.2 Å². The number of ether oxygens (including phenoxy) is 1. The molecule has 1 saturated heterocycles. The predicted octanol–water partition coefficient (Wildman–Crippen LogP) is 2.27. The molecule has 1 aliphatic carbocycles. The van der Waals surface area contributed by atoms with Gasteiger partial charge in [-0.1, -0.05) is 19.8 Å². The lowest BCUT2D eigenvalue weighted by atomic mass is 9.87. The van der Waals surface area contributed by atoms with Crippen LogP contribution in [0.2, 0.25) is 0 Å². The molecule has 0 spiro atoms. The second-order valence-electron chi connectivity index (χ2n) is 3.08. The highest BCUT2D eigenvalue weighted by molar-refractivity contribution is 5.18. The molecule has 0 N–H and O–H groups in total. The molecular formula is C8H13O. The average Bonchev–Trinajstić information content (AvgIpc) is 2.62.